The van der Waals surface area contributed by atoms with Crippen LogP contribution >= 0.6 is 0 Å². The molecule has 0 atom stereocenters. The summed E-state index contributed by atoms with van der Waals surface area (Å²) in [6.07, 6.45) is -3.80. The second-order valence-corrected chi connectivity index (χ2v) is 5.37. The molecule has 21 heavy (non-hydrogen) atoms. The Balaban J connectivity index is 1.66. The average Bonchev–Trinajstić information content (AvgIpc) is 2.90. The van der Waals surface area contributed by atoms with Crippen LogP contribution < -0.4 is 5.32 Å². The SMILES string of the molecule is O=C(N1CCC(c2nnc3n2CCNC3)CC1)C(F)(F)F. The Labute approximate surface area is 119 Å². The maximum atomic E-state index is 12.4. The molecule has 0 radical (unpaired) electrons. The average molecular weight is 303 g/mol. The van der Waals surface area contributed by atoms with Crippen LogP contribution in [0.15, 0.2) is 0 Å². The van der Waals surface area contributed by atoms with Crippen molar-refractivity contribution in [2.24, 2.45) is 0 Å². The van der Waals surface area contributed by atoms with Crippen molar-refractivity contribution in [2.75, 3.05) is 19.6 Å². The molecule has 2 aliphatic rings. The van der Waals surface area contributed by atoms with Crippen LogP contribution in [0, 0.1) is 0 Å². The van der Waals surface area contributed by atoms with Gasteiger partial charge in [-0.2, -0.15) is 13.2 Å². The van der Waals surface area contributed by atoms with Crippen molar-refractivity contribution in [3.8, 4) is 0 Å². The number of aromatic nitrogens is 3. The number of nitrogens with zero attached hydrogens (tertiary/aromatic N) is 4. The van der Waals surface area contributed by atoms with E-state index in [1.165, 1.54) is 0 Å². The lowest BCUT2D eigenvalue weighted by Gasteiger charge is -2.32. The van der Waals surface area contributed by atoms with Crippen LogP contribution in [0.4, 0.5) is 13.2 Å². The molecular formula is C12H16F3N5O. The number of rotatable bonds is 1. The number of halogens is 3. The summed E-state index contributed by atoms with van der Waals surface area (Å²) in [5.41, 5.74) is 0. The number of piperidine rings is 1. The maximum absolute atomic E-state index is 12.4. The quantitative estimate of drug-likeness (QED) is 0.827. The molecule has 0 spiro atoms. The van der Waals surface area contributed by atoms with Gasteiger partial charge in [-0.25, -0.2) is 0 Å². The number of nitrogens with one attached hydrogen (secondary N) is 1. The molecule has 0 aromatic carbocycles. The topological polar surface area (TPSA) is 63.1 Å². The van der Waals surface area contributed by atoms with Gasteiger partial charge < -0.3 is 14.8 Å². The summed E-state index contributed by atoms with van der Waals surface area (Å²) in [5.74, 6) is 0.0331. The molecule has 1 amide bonds. The van der Waals surface area contributed by atoms with Crippen molar-refractivity contribution < 1.29 is 18.0 Å². The summed E-state index contributed by atoms with van der Waals surface area (Å²) >= 11 is 0. The number of carbonyl (C=O) groups excluding carboxylic acids is 1. The van der Waals surface area contributed by atoms with Crippen molar-refractivity contribution in [1.82, 2.24) is 25.0 Å². The maximum Gasteiger partial charge on any atom is 0.471 e. The minimum atomic E-state index is -4.79. The van der Waals surface area contributed by atoms with Gasteiger partial charge in [0.2, 0.25) is 0 Å². The van der Waals surface area contributed by atoms with E-state index in [1.807, 2.05) is 4.57 Å². The molecule has 0 saturated carbocycles. The number of likely N-dealkylation sites (tertiary alicyclic amines) is 1. The first-order valence-corrected chi connectivity index (χ1v) is 6.95. The largest absolute Gasteiger partial charge is 0.471 e. The van der Waals surface area contributed by atoms with Crippen molar-refractivity contribution in [3.63, 3.8) is 0 Å². The lowest BCUT2D eigenvalue weighted by atomic mass is 9.95. The van der Waals surface area contributed by atoms with Crippen LogP contribution in [0.25, 0.3) is 0 Å². The lowest BCUT2D eigenvalue weighted by Crippen LogP contribution is -2.45. The Morgan fingerprint density at radius 3 is 2.57 bits per heavy atom. The standard InChI is InChI=1S/C12H16F3N5O/c13-12(14,15)11(21)19-4-1-8(2-5-19)10-18-17-9-7-16-3-6-20(9)10/h8,16H,1-7H2. The molecule has 3 heterocycles. The number of hydrogen-bond donors (Lipinski definition) is 1. The molecule has 116 valence electrons. The summed E-state index contributed by atoms with van der Waals surface area (Å²) in [6.45, 7) is 2.51. The van der Waals surface area contributed by atoms with Crippen LogP contribution in [0.5, 0.6) is 0 Å². The molecule has 2 aliphatic heterocycles. The number of hydrogen-bond acceptors (Lipinski definition) is 4. The van der Waals surface area contributed by atoms with Gasteiger partial charge in [0, 0.05) is 32.1 Å². The predicted molar refractivity (Wildman–Crippen MR) is 66.3 cm³/mol. The number of carbonyl (C=O) groups is 1. The molecule has 1 saturated heterocycles. The molecule has 0 aliphatic carbocycles. The summed E-state index contributed by atoms with van der Waals surface area (Å²) in [7, 11) is 0. The summed E-state index contributed by atoms with van der Waals surface area (Å²) in [6, 6.07) is 0. The van der Waals surface area contributed by atoms with E-state index >= 15 is 0 Å². The van der Waals surface area contributed by atoms with Gasteiger partial charge in [-0.1, -0.05) is 0 Å². The van der Waals surface area contributed by atoms with Crippen LogP contribution in [-0.2, 0) is 17.9 Å². The van der Waals surface area contributed by atoms with E-state index < -0.39 is 12.1 Å². The minimum absolute atomic E-state index is 0.0710. The van der Waals surface area contributed by atoms with E-state index in [-0.39, 0.29) is 19.0 Å². The Morgan fingerprint density at radius 2 is 1.90 bits per heavy atom. The molecule has 0 unspecified atom stereocenters. The monoisotopic (exact) mass is 303 g/mol. The van der Waals surface area contributed by atoms with Crippen molar-refractivity contribution >= 4 is 5.91 Å². The molecule has 0 bridgehead atoms. The Hall–Kier alpha value is -1.64. The summed E-state index contributed by atoms with van der Waals surface area (Å²) in [5, 5.41) is 11.5. The van der Waals surface area contributed by atoms with Gasteiger partial charge in [0.25, 0.3) is 0 Å². The van der Waals surface area contributed by atoms with Crippen molar-refractivity contribution in [3.05, 3.63) is 11.6 Å². The van der Waals surface area contributed by atoms with Gasteiger partial charge >= 0.3 is 12.1 Å². The zero-order valence-electron chi connectivity index (χ0n) is 11.4. The lowest BCUT2D eigenvalue weighted by molar-refractivity contribution is -0.186. The molecule has 6 nitrogen and oxygen atoms in total. The Morgan fingerprint density at radius 1 is 1.19 bits per heavy atom. The van der Waals surface area contributed by atoms with Crippen molar-refractivity contribution in [1.29, 1.82) is 0 Å². The van der Waals surface area contributed by atoms with Gasteiger partial charge in [0.1, 0.15) is 11.6 Å². The minimum Gasteiger partial charge on any atom is -0.335 e. The van der Waals surface area contributed by atoms with E-state index in [2.05, 4.69) is 15.5 Å². The molecule has 1 aromatic rings. The summed E-state index contributed by atoms with van der Waals surface area (Å²) in [4.78, 5) is 12.1. The van der Waals surface area contributed by atoms with Gasteiger partial charge in [0.05, 0.1) is 6.54 Å². The normalized spacial score (nSPS) is 20.4. The number of amides is 1. The van der Waals surface area contributed by atoms with Crippen LogP contribution in [0.3, 0.4) is 0 Å². The smallest absolute Gasteiger partial charge is 0.335 e. The third-order valence-electron chi connectivity index (χ3n) is 4.04. The summed E-state index contributed by atoms with van der Waals surface area (Å²) < 4.78 is 39.3. The third kappa shape index (κ3) is 2.74. The first-order valence-electron chi connectivity index (χ1n) is 6.95. The van der Waals surface area contributed by atoms with Crippen LogP contribution in [0.1, 0.15) is 30.4 Å². The van der Waals surface area contributed by atoms with E-state index in [0.29, 0.717) is 19.4 Å². The fourth-order valence-electron chi connectivity index (χ4n) is 2.94. The highest BCUT2D eigenvalue weighted by Crippen LogP contribution is 2.30. The fourth-order valence-corrected chi connectivity index (χ4v) is 2.94. The van der Waals surface area contributed by atoms with E-state index in [9.17, 15) is 18.0 Å². The number of alkyl halides is 3. The highest BCUT2D eigenvalue weighted by molar-refractivity contribution is 5.81. The van der Waals surface area contributed by atoms with Crippen molar-refractivity contribution in [2.45, 2.75) is 38.0 Å². The van der Waals surface area contributed by atoms with Gasteiger partial charge in [-0.3, -0.25) is 4.79 Å². The first kappa shape index (κ1) is 14.3. The molecule has 1 N–H and O–H groups in total. The first-order chi connectivity index (χ1) is 9.97. The fraction of sp³-hybridized carbons (Fsp3) is 0.750. The molecule has 9 heteroatoms. The predicted octanol–water partition coefficient (Wildman–Crippen LogP) is 0.650. The third-order valence-corrected chi connectivity index (χ3v) is 4.04. The second-order valence-electron chi connectivity index (χ2n) is 5.37. The van der Waals surface area contributed by atoms with Crippen LogP contribution in [0.2, 0.25) is 0 Å². The van der Waals surface area contributed by atoms with Gasteiger partial charge in [0.15, 0.2) is 0 Å². The molecule has 3 rings (SSSR count). The Kier molecular flexibility index (Phi) is 3.60. The highest BCUT2D eigenvalue weighted by atomic mass is 19.4. The van der Waals surface area contributed by atoms with Crippen LogP contribution in [-0.4, -0.2) is 51.4 Å². The zero-order valence-corrected chi connectivity index (χ0v) is 11.4. The van der Waals surface area contributed by atoms with E-state index in [0.717, 1.165) is 29.6 Å². The molecular weight excluding hydrogens is 287 g/mol. The second kappa shape index (κ2) is 5.28. The Bertz CT molecular complexity index is 533. The molecule has 1 aromatic heterocycles. The van der Waals surface area contributed by atoms with E-state index in [4.69, 9.17) is 0 Å². The molecule has 1 fully saturated rings. The van der Waals surface area contributed by atoms with Gasteiger partial charge in [-0.15, -0.1) is 10.2 Å². The van der Waals surface area contributed by atoms with E-state index in [1.54, 1.807) is 0 Å². The number of fused-ring (bicyclic) bond motifs is 1. The highest BCUT2D eigenvalue weighted by Gasteiger charge is 2.43. The zero-order chi connectivity index (χ0) is 15.0. The van der Waals surface area contributed by atoms with Gasteiger partial charge in [-0.05, 0) is 12.8 Å².